The molecule has 0 radical (unpaired) electrons. The Bertz CT molecular complexity index is 521. The van der Waals surface area contributed by atoms with E-state index in [0.717, 1.165) is 5.52 Å². The molecular weight excluding hydrogens is 218 g/mol. The van der Waals surface area contributed by atoms with E-state index in [9.17, 15) is 4.79 Å². The lowest BCUT2D eigenvalue weighted by Crippen LogP contribution is -2.33. The number of imidazole rings is 1. The Balaban J connectivity index is 2.28. The van der Waals surface area contributed by atoms with E-state index in [1.54, 1.807) is 29.6 Å². The Morgan fingerprint density at radius 3 is 3.12 bits per heavy atom. The lowest BCUT2D eigenvalue weighted by atomic mass is 10.2. The SMILES string of the molecule is CCN(CCO)C(=O)c1ccn2cncc2c1. The molecular formula is C12H15N3O2. The van der Waals surface area contributed by atoms with Gasteiger partial charge in [-0.15, -0.1) is 0 Å². The van der Waals surface area contributed by atoms with E-state index in [1.807, 2.05) is 17.5 Å². The molecule has 0 saturated carbocycles. The Labute approximate surface area is 99.3 Å². The fourth-order valence-corrected chi connectivity index (χ4v) is 1.76. The van der Waals surface area contributed by atoms with E-state index in [4.69, 9.17) is 5.11 Å². The molecule has 1 amide bonds. The van der Waals surface area contributed by atoms with Crippen molar-refractivity contribution in [1.29, 1.82) is 0 Å². The summed E-state index contributed by atoms with van der Waals surface area (Å²) in [7, 11) is 0. The lowest BCUT2D eigenvalue weighted by molar-refractivity contribution is 0.0732. The van der Waals surface area contributed by atoms with Crippen LogP contribution in [0.1, 0.15) is 17.3 Å². The van der Waals surface area contributed by atoms with Crippen LogP contribution in [0.3, 0.4) is 0 Å². The number of pyridine rings is 1. The van der Waals surface area contributed by atoms with Crippen molar-refractivity contribution in [3.8, 4) is 0 Å². The molecule has 5 heteroatoms. The van der Waals surface area contributed by atoms with E-state index in [2.05, 4.69) is 4.98 Å². The van der Waals surface area contributed by atoms with Gasteiger partial charge in [-0.1, -0.05) is 0 Å². The van der Waals surface area contributed by atoms with Gasteiger partial charge in [-0.3, -0.25) is 4.79 Å². The van der Waals surface area contributed by atoms with Crippen LogP contribution in [0.4, 0.5) is 0 Å². The number of hydrogen-bond acceptors (Lipinski definition) is 3. The largest absolute Gasteiger partial charge is 0.395 e. The number of hydrogen-bond donors (Lipinski definition) is 1. The summed E-state index contributed by atoms with van der Waals surface area (Å²) in [5.74, 6) is -0.0646. The van der Waals surface area contributed by atoms with Crippen molar-refractivity contribution in [2.45, 2.75) is 6.92 Å². The van der Waals surface area contributed by atoms with Crippen molar-refractivity contribution in [2.75, 3.05) is 19.7 Å². The van der Waals surface area contributed by atoms with E-state index >= 15 is 0 Å². The highest BCUT2D eigenvalue weighted by atomic mass is 16.3. The third-order valence-corrected chi connectivity index (χ3v) is 2.70. The van der Waals surface area contributed by atoms with Crippen LogP contribution < -0.4 is 0 Å². The number of carbonyl (C=O) groups is 1. The van der Waals surface area contributed by atoms with Crippen molar-refractivity contribution < 1.29 is 9.90 Å². The molecule has 2 aromatic heterocycles. The molecule has 0 aliphatic rings. The number of aromatic nitrogens is 2. The Morgan fingerprint density at radius 1 is 1.59 bits per heavy atom. The smallest absolute Gasteiger partial charge is 0.254 e. The second-order valence-electron chi connectivity index (χ2n) is 3.75. The van der Waals surface area contributed by atoms with Gasteiger partial charge in [0, 0.05) is 24.8 Å². The molecule has 0 bridgehead atoms. The first-order valence-corrected chi connectivity index (χ1v) is 5.58. The normalized spacial score (nSPS) is 10.7. The Hall–Kier alpha value is -1.88. The second kappa shape index (κ2) is 4.97. The van der Waals surface area contributed by atoms with Crippen LogP contribution in [0.25, 0.3) is 5.52 Å². The minimum atomic E-state index is -0.0646. The molecule has 90 valence electrons. The maximum Gasteiger partial charge on any atom is 0.254 e. The first-order chi connectivity index (χ1) is 8.26. The summed E-state index contributed by atoms with van der Waals surface area (Å²) in [5.41, 5.74) is 1.50. The summed E-state index contributed by atoms with van der Waals surface area (Å²) in [4.78, 5) is 17.7. The predicted octanol–water partition coefficient (Wildman–Crippen LogP) is 0.789. The van der Waals surface area contributed by atoms with Gasteiger partial charge in [0.15, 0.2) is 0 Å². The molecule has 0 aliphatic heterocycles. The zero-order chi connectivity index (χ0) is 12.3. The molecule has 0 aliphatic carbocycles. The summed E-state index contributed by atoms with van der Waals surface area (Å²) in [6.07, 6.45) is 5.20. The molecule has 0 atom stereocenters. The first-order valence-electron chi connectivity index (χ1n) is 5.58. The summed E-state index contributed by atoms with van der Waals surface area (Å²) < 4.78 is 1.85. The van der Waals surface area contributed by atoms with Gasteiger partial charge in [-0.25, -0.2) is 4.98 Å². The number of aliphatic hydroxyl groups excluding tert-OH is 1. The number of nitrogens with zero attached hydrogens (tertiary/aromatic N) is 3. The highest BCUT2D eigenvalue weighted by molar-refractivity contribution is 5.95. The number of rotatable bonds is 4. The molecule has 2 rings (SSSR count). The van der Waals surface area contributed by atoms with Gasteiger partial charge < -0.3 is 14.4 Å². The van der Waals surface area contributed by atoms with Crippen LogP contribution >= 0.6 is 0 Å². The van der Waals surface area contributed by atoms with Crippen LogP contribution in [0.15, 0.2) is 30.9 Å². The highest BCUT2D eigenvalue weighted by Gasteiger charge is 2.13. The van der Waals surface area contributed by atoms with E-state index in [0.29, 0.717) is 18.7 Å². The number of amides is 1. The molecule has 0 saturated heterocycles. The molecule has 0 spiro atoms. The minimum absolute atomic E-state index is 0.0193. The quantitative estimate of drug-likeness (QED) is 0.849. The summed E-state index contributed by atoms with van der Waals surface area (Å²) in [6.45, 7) is 2.82. The van der Waals surface area contributed by atoms with E-state index < -0.39 is 0 Å². The average molecular weight is 233 g/mol. The molecule has 17 heavy (non-hydrogen) atoms. The van der Waals surface area contributed by atoms with Gasteiger partial charge in [0.2, 0.25) is 0 Å². The Kier molecular flexibility index (Phi) is 3.39. The third kappa shape index (κ3) is 2.29. The fraction of sp³-hybridized carbons (Fsp3) is 0.333. The van der Waals surface area contributed by atoms with Crippen molar-refractivity contribution in [3.63, 3.8) is 0 Å². The van der Waals surface area contributed by atoms with Crippen molar-refractivity contribution in [2.24, 2.45) is 0 Å². The summed E-state index contributed by atoms with van der Waals surface area (Å²) in [6, 6.07) is 3.56. The molecule has 2 aromatic rings. The summed E-state index contributed by atoms with van der Waals surface area (Å²) in [5, 5.41) is 8.89. The topological polar surface area (TPSA) is 57.8 Å². The number of fused-ring (bicyclic) bond motifs is 1. The molecule has 5 nitrogen and oxygen atoms in total. The number of aliphatic hydroxyl groups is 1. The molecule has 1 N–H and O–H groups in total. The van der Waals surface area contributed by atoms with Crippen LogP contribution in [0, 0.1) is 0 Å². The van der Waals surface area contributed by atoms with Crippen molar-refractivity contribution in [3.05, 3.63) is 36.4 Å². The molecule has 0 unspecified atom stereocenters. The zero-order valence-corrected chi connectivity index (χ0v) is 9.71. The van der Waals surface area contributed by atoms with Gasteiger partial charge in [-0.2, -0.15) is 0 Å². The zero-order valence-electron chi connectivity index (χ0n) is 9.71. The highest BCUT2D eigenvalue weighted by Crippen LogP contribution is 2.09. The summed E-state index contributed by atoms with van der Waals surface area (Å²) >= 11 is 0. The van der Waals surface area contributed by atoms with Gasteiger partial charge in [0.05, 0.1) is 24.6 Å². The van der Waals surface area contributed by atoms with Gasteiger partial charge in [-0.05, 0) is 19.1 Å². The van der Waals surface area contributed by atoms with Gasteiger partial charge in [0.25, 0.3) is 5.91 Å². The lowest BCUT2D eigenvalue weighted by Gasteiger charge is -2.19. The number of likely N-dealkylation sites (N-methyl/N-ethyl adjacent to an activating group) is 1. The Morgan fingerprint density at radius 2 is 2.41 bits per heavy atom. The van der Waals surface area contributed by atoms with Crippen LogP contribution in [-0.4, -0.2) is 45.0 Å². The maximum absolute atomic E-state index is 12.1. The molecule has 0 fully saturated rings. The number of carbonyl (C=O) groups excluding carboxylic acids is 1. The maximum atomic E-state index is 12.1. The predicted molar refractivity (Wildman–Crippen MR) is 63.9 cm³/mol. The van der Waals surface area contributed by atoms with E-state index in [-0.39, 0.29) is 12.5 Å². The second-order valence-corrected chi connectivity index (χ2v) is 3.75. The average Bonchev–Trinajstić information content (AvgIpc) is 2.82. The van der Waals surface area contributed by atoms with Crippen molar-refractivity contribution in [1.82, 2.24) is 14.3 Å². The van der Waals surface area contributed by atoms with Gasteiger partial charge >= 0.3 is 0 Å². The van der Waals surface area contributed by atoms with Crippen molar-refractivity contribution >= 4 is 11.4 Å². The molecule has 2 heterocycles. The third-order valence-electron chi connectivity index (χ3n) is 2.70. The minimum Gasteiger partial charge on any atom is -0.395 e. The van der Waals surface area contributed by atoms with Crippen LogP contribution in [0.5, 0.6) is 0 Å². The first kappa shape index (κ1) is 11.6. The van der Waals surface area contributed by atoms with E-state index in [1.165, 1.54) is 0 Å². The van der Waals surface area contributed by atoms with Crippen LogP contribution in [0.2, 0.25) is 0 Å². The molecule has 0 aromatic carbocycles. The van der Waals surface area contributed by atoms with Crippen LogP contribution in [-0.2, 0) is 0 Å². The fourth-order valence-electron chi connectivity index (χ4n) is 1.76. The van der Waals surface area contributed by atoms with Gasteiger partial charge in [0.1, 0.15) is 0 Å². The monoisotopic (exact) mass is 233 g/mol. The standard InChI is InChI=1S/C12H15N3O2/c1-2-14(5-6-16)12(17)10-3-4-15-9-13-8-11(15)7-10/h3-4,7-9,16H,2,5-6H2,1H3.